The molecular formula is C22H29IN4O. The predicted molar refractivity (Wildman–Crippen MR) is 128 cm³/mol. The third kappa shape index (κ3) is 6.15. The molecule has 0 unspecified atom stereocenters. The summed E-state index contributed by atoms with van der Waals surface area (Å²) in [5, 5.41) is 17.5. The molecule has 3 rings (SSSR count). The van der Waals surface area contributed by atoms with Gasteiger partial charge in [-0.1, -0.05) is 24.3 Å². The first-order valence-electron chi connectivity index (χ1n) is 9.52. The summed E-state index contributed by atoms with van der Waals surface area (Å²) in [5.74, 6) is 1.13. The van der Waals surface area contributed by atoms with Gasteiger partial charge in [0.05, 0.1) is 0 Å². The Kier molecular flexibility index (Phi) is 8.63. The fourth-order valence-corrected chi connectivity index (χ4v) is 3.17. The lowest BCUT2D eigenvalue weighted by atomic mass is 10.1. The van der Waals surface area contributed by atoms with Crippen molar-refractivity contribution in [3.63, 3.8) is 0 Å². The molecule has 0 radical (unpaired) electrons. The van der Waals surface area contributed by atoms with Crippen LogP contribution in [-0.4, -0.2) is 35.7 Å². The Morgan fingerprint density at radius 2 is 1.96 bits per heavy atom. The molecule has 0 bridgehead atoms. The van der Waals surface area contributed by atoms with E-state index in [9.17, 15) is 5.11 Å². The van der Waals surface area contributed by atoms with Crippen molar-refractivity contribution in [2.75, 3.05) is 19.6 Å². The average Bonchev–Trinajstić information content (AvgIpc) is 3.04. The molecule has 0 atom stereocenters. The Morgan fingerprint density at radius 3 is 2.75 bits per heavy atom. The first-order chi connectivity index (χ1) is 13.2. The second kappa shape index (κ2) is 10.9. The molecule has 5 nitrogen and oxygen atoms in total. The summed E-state index contributed by atoms with van der Waals surface area (Å²) in [6.45, 7) is 6.48. The zero-order valence-electron chi connectivity index (χ0n) is 16.5. The lowest BCUT2D eigenvalue weighted by Crippen LogP contribution is -2.38. The maximum Gasteiger partial charge on any atom is 0.191 e. The van der Waals surface area contributed by atoms with E-state index in [0.29, 0.717) is 5.75 Å². The van der Waals surface area contributed by atoms with Crippen LogP contribution in [0.4, 0.5) is 0 Å². The number of aromatic amines is 1. The summed E-state index contributed by atoms with van der Waals surface area (Å²) in [6, 6.07) is 13.9. The molecule has 3 aromatic rings. The van der Waals surface area contributed by atoms with Crippen LogP contribution in [0.15, 0.2) is 53.7 Å². The summed E-state index contributed by atoms with van der Waals surface area (Å²) in [6.07, 6.45) is 3.81. The van der Waals surface area contributed by atoms with E-state index in [0.717, 1.165) is 44.0 Å². The number of hydrogen-bond donors (Lipinski definition) is 4. The van der Waals surface area contributed by atoms with Crippen molar-refractivity contribution in [3.05, 3.63) is 65.4 Å². The molecule has 4 N–H and O–H groups in total. The van der Waals surface area contributed by atoms with Gasteiger partial charge in [-0.25, -0.2) is 0 Å². The molecule has 150 valence electrons. The molecule has 0 amide bonds. The van der Waals surface area contributed by atoms with Gasteiger partial charge in [-0.05, 0) is 61.6 Å². The van der Waals surface area contributed by atoms with E-state index >= 15 is 0 Å². The van der Waals surface area contributed by atoms with Crippen LogP contribution in [-0.2, 0) is 12.8 Å². The molecule has 0 aliphatic rings. The Bertz CT molecular complexity index is 920. The number of guanidine groups is 1. The largest absolute Gasteiger partial charge is 0.508 e. The Balaban J connectivity index is 0.00000280. The molecule has 0 aliphatic carbocycles. The van der Waals surface area contributed by atoms with E-state index in [4.69, 9.17) is 4.99 Å². The number of nitrogens with zero attached hydrogens (tertiary/aromatic N) is 1. The van der Waals surface area contributed by atoms with Crippen LogP contribution in [0.5, 0.6) is 5.75 Å². The minimum atomic E-state index is 0. The smallest absolute Gasteiger partial charge is 0.191 e. The van der Waals surface area contributed by atoms with Gasteiger partial charge in [-0.15, -0.1) is 24.0 Å². The molecule has 0 saturated heterocycles. The third-order valence-corrected chi connectivity index (χ3v) is 4.53. The van der Waals surface area contributed by atoms with Gasteiger partial charge in [0.2, 0.25) is 0 Å². The number of phenolic OH excluding ortho intramolecular Hbond substituents is 1. The summed E-state index contributed by atoms with van der Waals surface area (Å²) in [7, 11) is 0. The highest BCUT2D eigenvalue weighted by atomic mass is 127. The van der Waals surface area contributed by atoms with E-state index < -0.39 is 0 Å². The van der Waals surface area contributed by atoms with Crippen molar-refractivity contribution >= 4 is 40.8 Å². The number of aromatic hydroxyl groups is 1. The minimum Gasteiger partial charge on any atom is -0.508 e. The van der Waals surface area contributed by atoms with Crippen LogP contribution < -0.4 is 10.6 Å². The quantitative estimate of drug-likeness (QED) is 0.228. The predicted octanol–water partition coefficient (Wildman–Crippen LogP) is 4.14. The standard InChI is InChI=1S/C22H28N4O.HI/c1-3-23-22(24-11-9-17-5-4-6-19(27)14-17)25-12-10-18-15-26-21-13-16(2)7-8-20(18)21;/h4-8,13-15,26-27H,3,9-12H2,1-2H3,(H2,23,24,25);1H. The molecule has 1 heterocycles. The summed E-state index contributed by atoms with van der Waals surface area (Å²) >= 11 is 0. The highest BCUT2D eigenvalue weighted by Gasteiger charge is 2.04. The molecule has 0 fully saturated rings. The average molecular weight is 492 g/mol. The van der Waals surface area contributed by atoms with Crippen molar-refractivity contribution in [1.29, 1.82) is 0 Å². The van der Waals surface area contributed by atoms with Crippen molar-refractivity contribution < 1.29 is 5.11 Å². The molecule has 2 aromatic carbocycles. The van der Waals surface area contributed by atoms with Crippen LogP contribution >= 0.6 is 24.0 Å². The van der Waals surface area contributed by atoms with Gasteiger partial charge in [0.15, 0.2) is 5.96 Å². The van der Waals surface area contributed by atoms with Crippen molar-refractivity contribution in [3.8, 4) is 5.75 Å². The highest BCUT2D eigenvalue weighted by Crippen LogP contribution is 2.19. The van der Waals surface area contributed by atoms with Gasteiger partial charge >= 0.3 is 0 Å². The minimum absolute atomic E-state index is 0. The third-order valence-electron chi connectivity index (χ3n) is 4.53. The van der Waals surface area contributed by atoms with Crippen molar-refractivity contribution in [1.82, 2.24) is 15.6 Å². The lowest BCUT2D eigenvalue weighted by Gasteiger charge is -2.11. The highest BCUT2D eigenvalue weighted by molar-refractivity contribution is 14.0. The second-order valence-electron chi connectivity index (χ2n) is 6.72. The van der Waals surface area contributed by atoms with Crippen molar-refractivity contribution in [2.24, 2.45) is 4.99 Å². The van der Waals surface area contributed by atoms with Gasteiger partial charge < -0.3 is 20.7 Å². The molecule has 0 aliphatic heterocycles. The number of fused-ring (bicyclic) bond motifs is 1. The van der Waals surface area contributed by atoms with Crippen LogP contribution in [0.2, 0.25) is 0 Å². The Morgan fingerprint density at radius 1 is 1.11 bits per heavy atom. The van der Waals surface area contributed by atoms with Crippen LogP contribution in [0.1, 0.15) is 23.6 Å². The fraction of sp³-hybridized carbons (Fsp3) is 0.318. The number of halogens is 1. The molecule has 0 spiro atoms. The van der Waals surface area contributed by atoms with E-state index in [1.165, 1.54) is 22.0 Å². The zero-order chi connectivity index (χ0) is 19.1. The van der Waals surface area contributed by atoms with E-state index in [-0.39, 0.29) is 24.0 Å². The number of aryl methyl sites for hydroxylation is 1. The lowest BCUT2D eigenvalue weighted by molar-refractivity contribution is 0.474. The maximum atomic E-state index is 9.54. The number of hydrogen-bond acceptors (Lipinski definition) is 2. The Hall–Kier alpha value is -2.22. The summed E-state index contributed by atoms with van der Waals surface area (Å²) < 4.78 is 0. The number of H-pyrrole nitrogens is 1. The van der Waals surface area contributed by atoms with E-state index in [1.807, 2.05) is 12.1 Å². The number of rotatable bonds is 7. The maximum absolute atomic E-state index is 9.54. The number of nitrogens with one attached hydrogen (secondary N) is 3. The Labute approximate surface area is 183 Å². The topological polar surface area (TPSA) is 72.4 Å². The van der Waals surface area contributed by atoms with Gasteiger partial charge in [0, 0.05) is 36.7 Å². The molecule has 6 heteroatoms. The van der Waals surface area contributed by atoms with Crippen LogP contribution in [0.25, 0.3) is 10.9 Å². The first-order valence-corrected chi connectivity index (χ1v) is 9.52. The molecule has 1 aromatic heterocycles. The van der Waals surface area contributed by atoms with Gasteiger partial charge in [-0.3, -0.25) is 4.99 Å². The number of phenols is 1. The van der Waals surface area contributed by atoms with Gasteiger partial charge in [0.25, 0.3) is 0 Å². The van der Waals surface area contributed by atoms with E-state index in [1.54, 1.807) is 12.1 Å². The van der Waals surface area contributed by atoms with E-state index in [2.05, 4.69) is 53.9 Å². The summed E-state index contributed by atoms with van der Waals surface area (Å²) in [4.78, 5) is 8.04. The second-order valence-corrected chi connectivity index (χ2v) is 6.72. The van der Waals surface area contributed by atoms with Crippen LogP contribution in [0, 0.1) is 6.92 Å². The number of aliphatic imine (C=N–C) groups is 1. The van der Waals surface area contributed by atoms with Gasteiger partial charge in [0.1, 0.15) is 5.75 Å². The normalized spacial score (nSPS) is 11.3. The molecule has 0 saturated carbocycles. The number of benzene rings is 2. The number of aromatic nitrogens is 1. The van der Waals surface area contributed by atoms with Crippen LogP contribution in [0.3, 0.4) is 0 Å². The molecular weight excluding hydrogens is 463 g/mol. The zero-order valence-corrected chi connectivity index (χ0v) is 18.8. The fourth-order valence-electron chi connectivity index (χ4n) is 3.17. The summed E-state index contributed by atoms with van der Waals surface area (Å²) in [5.41, 5.74) is 4.85. The first kappa shape index (κ1) is 22.1. The van der Waals surface area contributed by atoms with Gasteiger partial charge in [-0.2, -0.15) is 0 Å². The molecule has 28 heavy (non-hydrogen) atoms. The SMILES string of the molecule is CCNC(=NCCc1c[nH]c2cc(C)ccc12)NCCc1cccc(O)c1.I. The van der Waals surface area contributed by atoms with Crippen molar-refractivity contribution in [2.45, 2.75) is 26.7 Å². The monoisotopic (exact) mass is 492 g/mol.